The Morgan fingerprint density at radius 1 is 1.44 bits per heavy atom. The van der Waals surface area contributed by atoms with Gasteiger partial charge >= 0.3 is 0 Å². The molecular formula is C13H16ClNS. The van der Waals surface area contributed by atoms with Gasteiger partial charge in [-0.15, -0.1) is 11.3 Å². The van der Waals surface area contributed by atoms with Crippen molar-refractivity contribution in [1.82, 2.24) is 5.32 Å². The monoisotopic (exact) mass is 253 g/mol. The van der Waals surface area contributed by atoms with Crippen molar-refractivity contribution in [2.24, 2.45) is 0 Å². The third kappa shape index (κ3) is 2.10. The van der Waals surface area contributed by atoms with Crippen LogP contribution in [0.15, 0.2) is 18.2 Å². The van der Waals surface area contributed by atoms with Gasteiger partial charge in [0.05, 0.1) is 0 Å². The quantitative estimate of drug-likeness (QED) is 0.847. The van der Waals surface area contributed by atoms with Crippen molar-refractivity contribution in [2.75, 3.05) is 6.54 Å². The van der Waals surface area contributed by atoms with E-state index in [0.29, 0.717) is 6.04 Å². The molecule has 16 heavy (non-hydrogen) atoms. The van der Waals surface area contributed by atoms with E-state index in [1.165, 1.54) is 20.5 Å². The minimum absolute atomic E-state index is 0.418. The highest BCUT2D eigenvalue weighted by Gasteiger charge is 2.13. The van der Waals surface area contributed by atoms with Gasteiger partial charge in [0, 0.05) is 20.6 Å². The maximum atomic E-state index is 6.03. The Morgan fingerprint density at radius 3 is 2.88 bits per heavy atom. The van der Waals surface area contributed by atoms with Gasteiger partial charge in [0.15, 0.2) is 0 Å². The molecule has 1 N–H and O–H groups in total. The smallest absolute Gasteiger partial charge is 0.0413 e. The number of hydrogen-bond donors (Lipinski definition) is 1. The number of fused-ring (bicyclic) bond motifs is 1. The van der Waals surface area contributed by atoms with Gasteiger partial charge in [0.1, 0.15) is 0 Å². The average molecular weight is 254 g/mol. The van der Waals surface area contributed by atoms with Crippen LogP contribution in [0.25, 0.3) is 10.1 Å². The van der Waals surface area contributed by atoms with Crippen LogP contribution in [0.5, 0.6) is 0 Å². The zero-order valence-corrected chi connectivity index (χ0v) is 11.4. The molecule has 1 nitrogen and oxygen atoms in total. The molecule has 0 saturated heterocycles. The topological polar surface area (TPSA) is 12.0 Å². The summed E-state index contributed by atoms with van der Waals surface area (Å²) in [4.78, 5) is 1.42. The Balaban J connectivity index is 2.51. The zero-order valence-electron chi connectivity index (χ0n) is 9.80. The average Bonchev–Trinajstić information content (AvgIpc) is 2.57. The maximum absolute atomic E-state index is 6.03. The van der Waals surface area contributed by atoms with E-state index in [1.54, 1.807) is 0 Å². The van der Waals surface area contributed by atoms with Gasteiger partial charge in [-0.05, 0) is 49.5 Å². The highest BCUT2D eigenvalue weighted by Crippen LogP contribution is 2.35. The first-order valence-corrected chi connectivity index (χ1v) is 6.75. The fourth-order valence-corrected chi connectivity index (χ4v) is 3.41. The lowest BCUT2D eigenvalue weighted by Crippen LogP contribution is -2.17. The number of rotatable bonds is 3. The number of halogens is 1. The van der Waals surface area contributed by atoms with Crippen molar-refractivity contribution in [2.45, 2.75) is 26.8 Å². The Bertz CT molecular complexity index is 504. The third-order valence-electron chi connectivity index (χ3n) is 2.84. The Labute approximate surface area is 105 Å². The van der Waals surface area contributed by atoms with E-state index in [9.17, 15) is 0 Å². The fraction of sp³-hybridized carbons (Fsp3) is 0.385. The lowest BCUT2D eigenvalue weighted by Gasteiger charge is -2.11. The summed E-state index contributed by atoms with van der Waals surface area (Å²) in [6.07, 6.45) is 0. The van der Waals surface area contributed by atoms with Crippen molar-refractivity contribution in [3.05, 3.63) is 33.7 Å². The molecule has 1 heterocycles. The molecule has 0 radical (unpaired) electrons. The Morgan fingerprint density at radius 2 is 2.19 bits per heavy atom. The van der Waals surface area contributed by atoms with Crippen LogP contribution in [0.3, 0.4) is 0 Å². The third-order valence-corrected chi connectivity index (χ3v) is 4.53. The lowest BCUT2D eigenvalue weighted by molar-refractivity contribution is 0.605. The van der Waals surface area contributed by atoms with Crippen LogP contribution >= 0.6 is 22.9 Å². The molecule has 0 bridgehead atoms. The Hall–Kier alpha value is -0.570. The van der Waals surface area contributed by atoms with E-state index in [4.69, 9.17) is 11.6 Å². The van der Waals surface area contributed by atoms with E-state index in [-0.39, 0.29) is 0 Å². The predicted molar refractivity (Wildman–Crippen MR) is 73.7 cm³/mol. The number of nitrogens with one attached hydrogen (secondary N) is 1. The Kier molecular flexibility index (Phi) is 3.53. The molecule has 0 aliphatic carbocycles. The summed E-state index contributed by atoms with van der Waals surface area (Å²) in [5, 5.41) is 5.56. The van der Waals surface area contributed by atoms with Gasteiger partial charge in [-0.3, -0.25) is 0 Å². The molecule has 2 aromatic rings. The van der Waals surface area contributed by atoms with E-state index in [2.05, 4.69) is 38.2 Å². The van der Waals surface area contributed by atoms with Crippen LogP contribution in [-0.4, -0.2) is 6.54 Å². The molecule has 2 rings (SSSR count). The first kappa shape index (κ1) is 11.9. The summed E-state index contributed by atoms with van der Waals surface area (Å²) < 4.78 is 1.32. The molecule has 0 spiro atoms. The maximum Gasteiger partial charge on any atom is 0.0413 e. The highest BCUT2D eigenvalue weighted by molar-refractivity contribution is 7.19. The molecule has 0 aliphatic rings. The van der Waals surface area contributed by atoms with E-state index >= 15 is 0 Å². The number of thiophene rings is 1. The molecule has 1 aromatic carbocycles. The van der Waals surface area contributed by atoms with Crippen LogP contribution in [0, 0.1) is 6.92 Å². The van der Waals surface area contributed by atoms with Crippen molar-refractivity contribution >= 4 is 33.0 Å². The summed E-state index contributed by atoms with van der Waals surface area (Å²) in [6.45, 7) is 7.52. The molecule has 1 unspecified atom stereocenters. The summed E-state index contributed by atoms with van der Waals surface area (Å²) in [5.74, 6) is 0. The summed E-state index contributed by atoms with van der Waals surface area (Å²) in [6, 6.07) is 6.55. The molecule has 1 atom stereocenters. The van der Waals surface area contributed by atoms with Crippen LogP contribution < -0.4 is 5.32 Å². The van der Waals surface area contributed by atoms with Gasteiger partial charge in [-0.1, -0.05) is 18.5 Å². The number of aryl methyl sites for hydroxylation is 1. The second-order valence-corrected chi connectivity index (χ2v) is 5.53. The second kappa shape index (κ2) is 4.74. The first-order valence-electron chi connectivity index (χ1n) is 5.55. The van der Waals surface area contributed by atoms with Crippen LogP contribution in [0.1, 0.15) is 30.3 Å². The second-order valence-electron chi connectivity index (χ2n) is 4.01. The van der Waals surface area contributed by atoms with Crippen LogP contribution in [0.2, 0.25) is 5.02 Å². The largest absolute Gasteiger partial charge is 0.310 e. The summed E-state index contributed by atoms with van der Waals surface area (Å²) >= 11 is 7.89. The molecule has 1 aromatic heterocycles. The van der Waals surface area contributed by atoms with Crippen LogP contribution in [0.4, 0.5) is 0 Å². The van der Waals surface area contributed by atoms with Gasteiger partial charge < -0.3 is 5.32 Å². The van der Waals surface area contributed by atoms with Crippen molar-refractivity contribution < 1.29 is 0 Å². The van der Waals surface area contributed by atoms with Gasteiger partial charge in [-0.2, -0.15) is 0 Å². The summed E-state index contributed by atoms with van der Waals surface area (Å²) in [5.41, 5.74) is 1.36. The standard InChI is InChI=1S/C13H16ClNS/c1-4-15-9(3)13-8(2)11-7-10(14)5-6-12(11)16-13/h5-7,9,15H,4H2,1-3H3. The minimum atomic E-state index is 0.418. The van der Waals surface area contributed by atoms with Gasteiger partial charge in [-0.25, -0.2) is 0 Å². The first-order chi connectivity index (χ1) is 7.63. The molecule has 0 fully saturated rings. The van der Waals surface area contributed by atoms with Crippen molar-refractivity contribution in [1.29, 1.82) is 0 Å². The zero-order chi connectivity index (χ0) is 11.7. The van der Waals surface area contributed by atoms with E-state index in [1.807, 2.05) is 17.4 Å². The predicted octanol–water partition coefficient (Wildman–Crippen LogP) is 4.53. The molecule has 3 heteroatoms. The molecule has 0 amide bonds. The molecule has 0 aliphatic heterocycles. The fourth-order valence-electron chi connectivity index (χ4n) is 2.02. The van der Waals surface area contributed by atoms with E-state index in [0.717, 1.165) is 11.6 Å². The van der Waals surface area contributed by atoms with Crippen molar-refractivity contribution in [3.63, 3.8) is 0 Å². The van der Waals surface area contributed by atoms with Crippen molar-refractivity contribution in [3.8, 4) is 0 Å². The molecule has 86 valence electrons. The lowest BCUT2D eigenvalue weighted by atomic mass is 10.1. The molecular weight excluding hydrogens is 238 g/mol. The number of benzene rings is 1. The SMILES string of the molecule is CCNC(C)c1sc2ccc(Cl)cc2c1C. The summed E-state index contributed by atoms with van der Waals surface area (Å²) in [7, 11) is 0. The molecule has 0 saturated carbocycles. The highest BCUT2D eigenvalue weighted by atomic mass is 35.5. The van der Waals surface area contributed by atoms with E-state index < -0.39 is 0 Å². The van der Waals surface area contributed by atoms with Gasteiger partial charge in [0.2, 0.25) is 0 Å². The minimum Gasteiger partial charge on any atom is -0.310 e. The van der Waals surface area contributed by atoms with Crippen LogP contribution in [-0.2, 0) is 0 Å². The normalized spacial score (nSPS) is 13.2. The van der Waals surface area contributed by atoms with Gasteiger partial charge in [0.25, 0.3) is 0 Å². The number of hydrogen-bond acceptors (Lipinski definition) is 2.